The molecule has 0 unspecified atom stereocenters. The Hall–Kier alpha value is -1.04. The van der Waals surface area contributed by atoms with Crippen LogP contribution in [0, 0.1) is 0 Å². The zero-order valence-corrected chi connectivity index (χ0v) is 12.4. The molecule has 0 aromatic rings. The first-order valence-electron chi connectivity index (χ1n) is 5.11. The number of nitrogens with two attached hydrogens (primary N) is 3. The highest BCUT2D eigenvalue weighted by atomic mass is 31.3. The molecule has 0 aliphatic heterocycles. The quantitative estimate of drug-likeness (QED) is 0.104. The molecule has 0 fully saturated rings. The van der Waals surface area contributed by atoms with Crippen LogP contribution in [-0.4, -0.2) is 49.2 Å². The Morgan fingerprint density at radius 3 is 1.81 bits per heavy atom. The number of carboxylic acid groups (broad SMARTS) is 1. The van der Waals surface area contributed by atoms with Gasteiger partial charge in [0.2, 0.25) is 0 Å². The van der Waals surface area contributed by atoms with Crippen molar-refractivity contribution in [3.8, 4) is 0 Å². The molecular weight excluding hydrogens is 334 g/mol. The van der Waals surface area contributed by atoms with Gasteiger partial charge in [0.15, 0.2) is 5.96 Å². The second kappa shape index (κ2) is 9.82. The summed E-state index contributed by atoms with van der Waals surface area (Å²) in [5.74, 6) is -0.987. The van der Waals surface area contributed by atoms with E-state index >= 15 is 0 Å². The third-order valence-electron chi connectivity index (χ3n) is 1.50. The molecule has 0 spiro atoms. The van der Waals surface area contributed by atoms with Gasteiger partial charge in [0, 0.05) is 6.54 Å². The smallest absolute Gasteiger partial charge is 0.478 e. The molecule has 0 aliphatic carbocycles. The number of carboxylic acids is 1. The molecule has 126 valence electrons. The van der Waals surface area contributed by atoms with Crippen LogP contribution >= 0.6 is 15.6 Å². The third-order valence-corrected chi connectivity index (χ3v) is 3.20. The predicted octanol–water partition coefficient (Wildman–Crippen LogP) is -2.36. The van der Waals surface area contributed by atoms with Crippen molar-refractivity contribution in [2.75, 3.05) is 6.54 Å². The van der Waals surface area contributed by atoms with E-state index in [9.17, 15) is 13.9 Å². The van der Waals surface area contributed by atoms with E-state index in [1.807, 2.05) is 0 Å². The van der Waals surface area contributed by atoms with Crippen LogP contribution in [0.4, 0.5) is 0 Å². The van der Waals surface area contributed by atoms with Crippen molar-refractivity contribution in [1.82, 2.24) is 0 Å². The van der Waals surface area contributed by atoms with Crippen LogP contribution in [0.15, 0.2) is 4.99 Å². The highest BCUT2D eigenvalue weighted by molar-refractivity contribution is 7.60. The first-order valence-corrected chi connectivity index (χ1v) is 8.17. The van der Waals surface area contributed by atoms with E-state index in [0.717, 1.165) is 0 Å². The highest BCUT2D eigenvalue weighted by Crippen LogP contribution is 2.53. The van der Waals surface area contributed by atoms with Gasteiger partial charge in [0.1, 0.15) is 6.04 Å². The lowest BCUT2D eigenvalue weighted by molar-refractivity contribution is -0.138. The summed E-state index contributed by atoms with van der Waals surface area (Å²) < 4.78 is 22.2. The van der Waals surface area contributed by atoms with Gasteiger partial charge >= 0.3 is 21.6 Å². The number of hydrogen-bond donors (Lipinski definition) is 8. The van der Waals surface area contributed by atoms with Gasteiger partial charge in [-0.3, -0.25) is 9.79 Å². The van der Waals surface area contributed by atoms with Crippen LogP contribution in [-0.2, 0) is 18.2 Å². The van der Waals surface area contributed by atoms with Gasteiger partial charge < -0.3 is 41.9 Å². The summed E-state index contributed by atoms with van der Waals surface area (Å²) in [6.45, 7) is 0.420. The van der Waals surface area contributed by atoms with Crippen LogP contribution in [0.25, 0.3) is 0 Å². The Labute approximate surface area is 119 Å². The van der Waals surface area contributed by atoms with E-state index in [-0.39, 0.29) is 5.96 Å². The lowest BCUT2D eigenvalue weighted by Gasteiger charge is -2.03. The van der Waals surface area contributed by atoms with Gasteiger partial charge in [0.05, 0.1) is 0 Å². The molecule has 21 heavy (non-hydrogen) atoms. The third kappa shape index (κ3) is 21.4. The molecule has 0 heterocycles. The van der Waals surface area contributed by atoms with Gasteiger partial charge in [-0.15, -0.1) is 0 Å². The van der Waals surface area contributed by atoms with Crippen LogP contribution < -0.4 is 17.2 Å². The lowest BCUT2D eigenvalue weighted by Crippen LogP contribution is -2.30. The SMILES string of the molecule is NC(N)=NCCC[C@H](N)C(=O)O.O=P(O)(O)OP(=O)(O)O. The molecule has 0 saturated heterocycles. The van der Waals surface area contributed by atoms with Gasteiger partial charge in [-0.05, 0) is 12.8 Å². The average Bonchev–Trinajstić information content (AvgIpc) is 2.19. The molecular formula is C6H18N4O9P2. The van der Waals surface area contributed by atoms with Crippen LogP contribution in [0.1, 0.15) is 12.8 Å². The standard InChI is InChI=1S/C6H14N4O2.H4O7P2/c7-4(5(11)12)2-1-3-10-6(8)9;1-8(2,3)7-9(4,5)6/h4H,1-3,7H2,(H,11,12)(H4,8,9,10);(H2,1,2,3)(H2,4,5,6)/t4-;/m0./s1. The largest absolute Gasteiger partial charge is 0.480 e. The Morgan fingerprint density at radius 1 is 1.14 bits per heavy atom. The summed E-state index contributed by atoms with van der Waals surface area (Å²) in [6, 6.07) is -0.820. The van der Waals surface area contributed by atoms with Crippen molar-refractivity contribution in [3.05, 3.63) is 0 Å². The van der Waals surface area contributed by atoms with Crippen molar-refractivity contribution < 1.29 is 42.9 Å². The fourth-order valence-electron chi connectivity index (χ4n) is 0.781. The number of aliphatic carboxylic acids is 1. The minimum absolute atomic E-state index is 0.0129. The number of phosphoric acid groups is 2. The molecule has 13 nitrogen and oxygen atoms in total. The Bertz CT molecular complexity index is 420. The molecule has 0 rings (SSSR count). The van der Waals surface area contributed by atoms with Crippen molar-refractivity contribution in [1.29, 1.82) is 0 Å². The molecule has 0 aromatic heterocycles. The summed E-state index contributed by atoms with van der Waals surface area (Å²) in [5, 5.41) is 8.38. The zero-order valence-electron chi connectivity index (χ0n) is 10.6. The highest BCUT2D eigenvalue weighted by Gasteiger charge is 2.27. The second-order valence-electron chi connectivity index (χ2n) is 3.46. The molecule has 1 atom stereocenters. The van der Waals surface area contributed by atoms with Gasteiger partial charge in [-0.1, -0.05) is 0 Å². The van der Waals surface area contributed by atoms with Crippen LogP contribution in [0.5, 0.6) is 0 Å². The molecule has 0 saturated carbocycles. The summed E-state index contributed by atoms with van der Waals surface area (Å²) in [6.07, 6.45) is 0.956. The molecule has 15 heteroatoms. The normalized spacial score (nSPS) is 12.8. The molecule has 0 bridgehead atoms. The molecule has 0 aliphatic rings. The van der Waals surface area contributed by atoms with Crippen LogP contribution in [0.2, 0.25) is 0 Å². The zero-order chi connectivity index (χ0) is 17.3. The monoisotopic (exact) mass is 352 g/mol. The van der Waals surface area contributed by atoms with E-state index in [2.05, 4.69) is 9.30 Å². The number of hydrogen-bond acceptors (Lipinski definition) is 6. The van der Waals surface area contributed by atoms with Crippen molar-refractivity contribution in [2.24, 2.45) is 22.2 Å². The molecule has 11 N–H and O–H groups in total. The maximum atomic E-state index is 10.2. The second-order valence-corrected chi connectivity index (χ2v) is 6.07. The number of carbonyl (C=O) groups is 1. The van der Waals surface area contributed by atoms with E-state index in [1.165, 1.54) is 0 Å². The first kappa shape index (κ1) is 22.2. The average molecular weight is 352 g/mol. The van der Waals surface area contributed by atoms with Crippen LogP contribution in [0.3, 0.4) is 0 Å². The van der Waals surface area contributed by atoms with Gasteiger partial charge in [-0.2, -0.15) is 4.31 Å². The fraction of sp³-hybridized carbons (Fsp3) is 0.667. The Morgan fingerprint density at radius 2 is 1.57 bits per heavy atom. The number of guanidine groups is 1. The van der Waals surface area contributed by atoms with Crippen molar-refractivity contribution in [3.63, 3.8) is 0 Å². The summed E-state index contributed by atoms with van der Waals surface area (Å²) in [4.78, 5) is 44.9. The van der Waals surface area contributed by atoms with Gasteiger partial charge in [0.25, 0.3) is 0 Å². The lowest BCUT2D eigenvalue weighted by atomic mass is 10.2. The maximum absolute atomic E-state index is 10.2. The number of aliphatic imine (C=N–C) groups is 1. The van der Waals surface area contributed by atoms with E-state index in [0.29, 0.717) is 19.4 Å². The Balaban J connectivity index is 0. The summed E-state index contributed by atoms with van der Waals surface area (Å²) in [5.41, 5.74) is 15.3. The number of nitrogens with zero attached hydrogens (tertiary/aromatic N) is 1. The molecule has 0 aromatic carbocycles. The number of rotatable bonds is 7. The first-order chi connectivity index (χ1) is 9.24. The minimum Gasteiger partial charge on any atom is -0.480 e. The van der Waals surface area contributed by atoms with E-state index in [1.54, 1.807) is 0 Å². The van der Waals surface area contributed by atoms with E-state index < -0.39 is 27.7 Å². The molecule has 0 radical (unpaired) electrons. The maximum Gasteiger partial charge on any atom is 0.478 e. The fourth-order valence-corrected chi connectivity index (χ4v) is 1.89. The van der Waals surface area contributed by atoms with E-state index in [4.69, 9.17) is 41.9 Å². The van der Waals surface area contributed by atoms with Crippen molar-refractivity contribution in [2.45, 2.75) is 18.9 Å². The van der Waals surface area contributed by atoms with Gasteiger partial charge in [-0.25, -0.2) is 9.13 Å². The summed E-state index contributed by atoms with van der Waals surface area (Å²) >= 11 is 0. The molecule has 0 amide bonds. The predicted molar refractivity (Wildman–Crippen MR) is 70.7 cm³/mol. The Kier molecular flexibility index (Phi) is 10.4. The van der Waals surface area contributed by atoms with Crippen molar-refractivity contribution >= 4 is 27.6 Å². The minimum atomic E-state index is -5.05. The summed E-state index contributed by atoms with van der Waals surface area (Å²) in [7, 11) is -10.1. The topological polar surface area (TPSA) is 252 Å².